The molecule has 1 aliphatic carbocycles. The number of carbonyl (C=O) groups is 1. The second kappa shape index (κ2) is 3.90. The number of hydrogen-bond donors (Lipinski definition) is 2. The maximum atomic E-state index is 11.2. The van der Waals surface area contributed by atoms with Gasteiger partial charge in [0.1, 0.15) is 0 Å². The highest BCUT2D eigenvalue weighted by Gasteiger charge is 2.44. The molecular weight excluding hydrogens is 210 g/mol. The monoisotopic (exact) mass is 221 g/mol. The number of non-ortho nitro benzene ring substituents is 1. The summed E-state index contributed by atoms with van der Waals surface area (Å²) in [4.78, 5) is 21.3. The van der Waals surface area contributed by atoms with Gasteiger partial charge in [0.15, 0.2) is 0 Å². The normalized spacial score (nSPS) is 22.6. The second-order valence-electron chi connectivity index (χ2n) is 3.81. The number of carbonyl (C=O) groups excluding carboxylic acids is 1. The van der Waals surface area contributed by atoms with Gasteiger partial charge in [-0.05, 0) is 17.9 Å². The van der Waals surface area contributed by atoms with Crippen LogP contribution in [0, 0.1) is 16.0 Å². The van der Waals surface area contributed by atoms with E-state index in [1.807, 2.05) is 0 Å². The molecule has 0 aromatic heterocycles. The molecule has 1 aromatic carbocycles. The van der Waals surface area contributed by atoms with Gasteiger partial charge in [-0.25, -0.2) is 5.84 Å². The van der Waals surface area contributed by atoms with E-state index in [2.05, 4.69) is 5.43 Å². The molecule has 1 amide bonds. The van der Waals surface area contributed by atoms with Crippen molar-refractivity contribution in [2.45, 2.75) is 12.3 Å². The van der Waals surface area contributed by atoms with Crippen LogP contribution < -0.4 is 11.3 Å². The first kappa shape index (κ1) is 10.6. The van der Waals surface area contributed by atoms with E-state index in [-0.39, 0.29) is 23.4 Å². The number of hydrazine groups is 1. The molecule has 0 unspecified atom stereocenters. The summed E-state index contributed by atoms with van der Waals surface area (Å²) in [7, 11) is 0. The van der Waals surface area contributed by atoms with Crippen LogP contribution in [0.2, 0.25) is 0 Å². The Hall–Kier alpha value is -1.95. The molecule has 0 spiro atoms. The van der Waals surface area contributed by atoms with E-state index in [1.54, 1.807) is 12.1 Å². The quantitative estimate of drug-likeness (QED) is 0.339. The van der Waals surface area contributed by atoms with Gasteiger partial charge in [0.25, 0.3) is 5.69 Å². The molecule has 1 saturated carbocycles. The fourth-order valence-corrected chi connectivity index (χ4v) is 1.83. The van der Waals surface area contributed by atoms with Crippen molar-refractivity contribution in [2.75, 3.05) is 0 Å². The molecular formula is C10H11N3O3. The number of benzene rings is 1. The van der Waals surface area contributed by atoms with E-state index < -0.39 is 4.92 Å². The van der Waals surface area contributed by atoms with Gasteiger partial charge in [-0.15, -0.1) is 0 Å². The standard InChI is InChI=1S/C10H11N3O3/c11-12-10(14)9-5-8(9)6-2-1-3-7(4-6)13(15)16/h1-4,8-9H,5,11H2,(H,12,14)/t8-,9-/m1/s1. The van der Waals surface area contributed by atoms with Crippen LogP contribution in [0.4, 0.5) is 5.69 Å². The molecule has 0 bridgehead atoms. The zero-order valence-corrected chi connectivity index (χ0v) is 8.42. The minimum Gasteiger partial charge on any atom is -0.294 e. The van der Waals surface area contributed by atoms with Gasteiger partial charge in [-0.3, -0.25) is 20.3 Å². The van der Waals surface area contributed by atoms with Crippen molar-refractivity contribution in [3.05, 3.63) is 39.9 Å². The van der Waals surface area contributed by atoms with E-state index in [0.29, 0.717) is 6.42 Å². The van der Waals surface area contributed by atoms with Gasteiger partial charge in [-0.2, -0.15) is 0 Å². The van der Waals surface area contributed by atoms with Crippen molar-refractivity contribution >= 4 is 11.6 Å². The van der Waals surface area contributed by atoms with Crippen molar-refractivity contribution in [1.29, 1.82) is 0 Å². The van der Waals surface area contributed by atoms with Gasteiger partial charge in [0.2, 0.25) is 5.91 Å². The van der Waals surface area contributed by atoms with Gasteiger partial charge in [-0.1, -0.05) is 12.1 Å². The van der Waals surface area contributed by atoms with E-state index >= 15 is 0 Å². The van der Waals surface area contributed by atoms with Gasteiger partial charge in [0.05, 0.1) is 4.92 Å². The van der Waals surface area contributed by atoms with Crippen LogP contribution in [0.5, 0.6) is 0 Å². The molecule has 6 nitrogen and oxygen atoms in total. The number of nitrogens with zero attached hydrogens (tertiary/aromatic N) is 1. The molecule has 0 aliphatic heterocycles. The van der Waals surface area contributed by atoms with E-state index in [9.17, 15) is 14.9 Å². The Morgan fingerprint density at radius 1 is 1.56 bits per heavy atom. The smallest absolute Gasteiger partial charge is 0.269 e. The number of rotatable bonds is 3. The van der Waals surface area contributed by atoms with Crippen LogP contribution in [0.3, 0.4) is 0 Å². The number of nitrogens with one attached hydrogen (secondary N) is 1. The summed E-state index contributed by atoms with van der Waals surface area (Å²) in [5, 5.41) is 10.6. The fourth-order valence-electron chi connectivity index (χ4n) is 1.83. The van der Waals surface area contributed by atoms with Crippen molar-refractivity contribution in [3.63, 3.8) is 0 Å². The van der Waals surface area contributed by atoms with Crippen molar-refractivity contribution in [1.82, 2.24) is 5.43 Å². The summed E-state index contributed by atoms with van der Waals surface area (Å²) < 4.78 is 0. The third-order valence-electron chi connectivity index (χ3n) is 2.78. The predicted molar refractivity (Wildman–Crippen MR) is 56.3 cm³/mol. The van der Waals surface area contributed by atoms with Crippen LogP contribution in [-0.2, 0) is 4.79 Å². The minimum atomic E-state index is -0.441. The van der Waals surface area contributed by atoms with Crippen molar-refractivity contribution in [3.8, 4) is 0 Å². The first-order valence-electron chi connectivity index (χ1n) is 4.88. The van der Waals surface area contributed by atoms with Gasteiger partial charge < -0.3 is 0 Å². The van der Waals surface area contributed by atoms with Gasteiger partial charge >= 0.3 is 0 Å². The Bertz CT molecular complexity index is 447. The molecule has 84 valence electrons. The molecule has 1 aliphatic rings. The third kappa shape index (κ3) is 1.87. The SMILES string of the molecule is NNC(=O)[C@@H]1C[C@@H]1c1cccc([N+](=O)[O-])c1. The van der Waals surface area contributed by atoms with Crippen molar-refractivity contribution in [2.24, 2.45) is 11.8 Å². The lowest BCUT2D eigenvalue weighted by atomic mass is 10.1. The van der Waals surface area contributed by atoms with E-state index in [0.717, 1.165) is 5.56 Å². The van der Waals surface area contributed by atoms with Gasteiger partial charge in [0, 0.05) is 18.1 Å². The average molecular weight is 221 g/mol. The number of nitrogens with two attached hydrogens (primary N) is 1. The van der Waals surface area contributed by atoms with Crippen molar-refractivity contribution < 1.29 is 9.72 Å². The molecule has 2 atom stereocenters. The molecule has 0 saturated heterocycles. The summed E-state index contributed by atoms with van der Waals surface area (Å²) in [5.41, 5.74) is 2.97. The molecule has 1 fully saturated rings. The first-order chi connectivity index (χ1) is 7.63. The molecule has 2 rings (SSSR count). The molecule has 6 heteroatoms. The summed E-state index contributed by atoms with van der Waals surface area (Å²) >= 11 is 0. The lowest BCUT2D eigenvalue weighted by molar-refractivity contribution is -0.384. The van der Waals surface area contributed by atoms with Crippen LogP contribution >= 0.6 is 0 Å². The maximum Gasteiger partial charge on any atom is 0.269 e. The Labute approximate surface area is 91.6 Å². The molecule has 0 heterocycles. The molecule has 16 heavy (non-hydrogen) atoms. The predicted octanol–water partition coefficient (Wildman–Crippen LogP) is 0.688. The Morgan fingerprint density at radius 2 is 2.31 bits per heavy atom. The summed E-state index contributed by atoms with van der Waals surface area (Å²) in [5.74, 6) is 4.72. The highest BCUT2D eigenvalue weighted by atomic mass is 16.6. The highest BCUT2D eigenvalue weighted by Crippen LogP contribution is 2.47. The molecule has 0 radical (unpaired) electrons. The number of hydrogen-bond acceptors (Lipinski definition) is 4. The average Bonchev–Trinajstić information content (AvgIpc) is 3.08. The Kier molecular flexibility index (Phi) is 2.57. The van der Waals surface area contributed by atoms with Crippen LogP contribution in [0.1, 0.15) is 17.9 Å². The topological polar surface area (TPSA) is 98.3 Å². The van der Waals surface area contributed by atoms with Crippen LogP contribution in [-0.4, -0.2) is 10.8 Å². The largest absolute Gasteiger partial charge is 0.294 e. The van der Waals surface area contributed by atoms with Crippen LogP contribution in [0.25, 0.3) is 0 Å². The summed E-state index contributed by atoms with van der Waals surface area (Å²) in [6, 6.07) is 6.36. The van der Waals surface area contributed by atoms with E-state index in [1.165, 1.54) is 12.1 Å². The third-order valence-corrected chi connectivity index (χ3v) is 2.78. The van der Waals surface area contributed by atoms with Crippen LogP contribution in [0.15, 0.2) is 24.3 Å². The summed E-state index contributed by atoms with van der Waals surface area (Å²) in [6.45, 7) is 0. The minimum absolute atomic E-state index is 0.0521. The number of nitro groups is 1. The number of amides is 1. The molecule has 1 aromatic rings. The van der Waals surface area contributed by atoms with E-state index in [4.69, 9.17) is 5.84 Å². The lowest BCUT2D eigenvalue weighted by Crippen LogP contribution is -2.31. The Morgan fingerprint density at radius 3 is 2.94 bits per heavy atom. The first-order valence-corrected chi connectivity index (χ1v) is 4.88. The second-order valence-corrected chi connectivity index (χ2v) is 3.81. The maximum absolute atomic E-state index is 11.2. The number of nitro benzene ring substituents is 1. The fraction of sp³-hybridized carbons (Fsp3) is 0.300. The highest BCUT2D eigenvalue weighted by molar-refractivity contribution is 5.82. The summed E-state index contributed by atoms with van der Waals surface area (Å²) in [6.07, 6.45) is 0.699. The Balaban J connectivity index is 2.15. The zero-order valence-electron chi connectivity index (χ0n) is 8.42. The molecule has 3 N–H and O–H groups in total. The zero-order chi connectivity index (χ0) is 11.7. The lowest BCUT2D eigenvalue weighted by Gasteiger charge is -2.00.